The van der Waals surface area contributed by atoms with Crippen LogP contribution in [0.1, 0.15) is 44.9 Å². The molecule has 17 heavy (non-hydrogen) atoms. The van der Waals surface area contributed by atoms with Crippen molar-refractivity contribution < 1.29 is 4.79 Å². The highest BCUT2D eigenvalue weighted by Crippen LogP contribution is 2.39. The Hall–Kier alpha value is -1.30. The summed E-state index contributed by atoms with van der Waals surface area (Å²) in [4.78, 5) is 14.1. The zero-order valence-corrected chi connectivity index (χ0v) is 10.3. The lowest BCUT2D eigenvalue weighted by atomic mass is 9.85. The zero-order chi connectivity index (χ0) is 12.3. The fourth-order valence-corrected chi connectivity index (χ4v) is 3.40. The first-order chi connectivity index (χ1) is 8.27. The first-order valence-electron chi connectivity index (χ1n) is 6.57. The van der Waals surface area contributed by atoms with E-state index in [1.165, 1.54) is 0 Å². The van der Waals surface area contributed by atoms with Crippen LogP contribution in [0, 0.1) is 17.2 Å². The highest BCUT2D eigenvalue weighted by molar-refractivity contribution is 5.78. The van der Waals surface area contributed by atoms with E-state index in [9.17, 15) is 4.79 Å². The van der Waals surface area contributed by atoms with E-state index in [0.717, 1.165) is 32.1 Å². The summed E-state index contributed by atoms with van der Waals surface area (Å²) in [6.07, 6.45) is 8.25. The number of carbonyl (C=O) groups excluding carboxylic acids is 1. The number of rotatable bonds is 4. The van der Waals surface area contributed by atoms with Gasteiger partial charge in [0.2, 0.25) is 5.91 Å². The van der Waals surface area contributed by atoms with Gasteiger partial charge in [0.25, 0.3) is 0 Å². The van der Waals surface area contributed by atoms with Gasteiger partial charge in [0, 0.05) is 24.9 Å². The average Bonchev–Trinajstić information content (AvgIpc) is 2.74. The Morgan fingerprint density at radius 1 is 1.47 bits per heavy atom. The average molecular weight is 232 g/mol. The quantitative estimate of drug-likeness (QED) is 0.699. The molecule has 3 atom stereocenters. The van der Waals surface area contributed by atoms with E-state index < -0.39 is 0 Å². The minimum absolute atomic E-state index is 0.313. The largest absolute Gasteiger partial charge is 0.336 e. The van der Waals surface area contributed by atoms with E-state index in [0.29, 0.717) is 36.8 Å². The van der Waals surface area contributed by atoms with E-state index in [1.54, 1.807) is 0 Å². The third-order valence-corrected chi connectivity index (χ3v) is 4.17. The molecular weight excluding hydrogens is 212 g/mol. The number of carbonyl (C=O) groups is 1. The van der Waals surface area contributed by atoms with Gasteiger partial charge in [0.1, 0.15) is 0 Å². The van der Waals surface area contributed by atoms with E-state index in [1.807, 2.05) is 6.08 Å². The number of nitriles is 1. The fourth-order valence-electron chi connectivity index (χ4n) is 3.40. The molecule has 2 aliphatic rings. The van der Waals surface area contributed by atoms with Crippen molar-refractivity contribution in [1.29, 1.82) is 5.26 Å². The van der Waals surface area contributed by atoms with Crippen LogP contribution in [0.25, 0.3) is 0 Å². The molecular formula is C14H20N2O. The highest BCUT2D eigenvalue weighted by atomic mass is 16.2. The number of fused-ring (bicyclic) bond motifs is 1. The summed E-state index contributed by atoms with van der Waals surface area (Å²) in [6.45, 7) is 3.77. The molecule has 0 aliphatic carbocycles. The van der Waals surface area contributed by atoms with Gasteiger partial charge in [-0.3, -0.25) is 4.79 Å². The third kappa shape index (κ3) is 2.36. The molecule has 1 amide bonds. The molecule has 3 heteroatoms. The van der Waals surface area contributed by atoms with Gasteiger partial charge in [0.05, 0.1) is 6.07 Å². The number of hydrogen-bond donors (Lipinski definition) is 0. The number of piperidine rings is 1. The Bertz CT molecular complexity index is 345. The second-order valence-electron chi connectivity index (χ2n) is 5.12. The Morgan fingerprint density at radius 3 is 3.00 bits per heavy atom. The van der Waals surface area contributed by atoms with Crippen LogP contribution in [-0.2, 0) is 4.79 Å². The monoisotopic (exact) mass is 232 g/mol. The maximum Gasteiger partial charge on any atom is 0.223 e. The summed E-state index contributed by atoms with van der Waals surface area (Å²) < 4.78 is 0. The Balaban J connectivity index is 2.06. The summed E-state index contributed by atoms with van der Waals surface area (Å²) in [5, 5.41) is 8.68. The van der Waals surface area contributed by atoms with Crippen LogP contribution in [0.2, 0.25) is 0 Å². The summed E-state index contributed by atoms with van der Waals surface area (Å²) in [7, 11) is 0. The molecule has 0 aromatic heterocycles. The van der Waals surface area contributed by atoms with Gasteiger partial charge >= 0.3 is 0 Å². The lowest BCUT2D eigenvalue weighted by Gasteiger charge is -2.39. The molecule has 2 saturated heterocycles. The molecule has 0 unspecified atom stereocenters. The SMILES string of the molecule is C=CC[C@@H]1CC[C@H]2[C@H](CCC#N)CCC(=O)N12. The van der Waals surface area contributed by atoms with Crippen molar-refractivity contribution in [2.45, 2.75) is 57.0 Å². The minimum Gasteiger partial charge on any atom is -0.336 e. The molecule has 2 heterocycles. The van der Waals surface area contributed by atoms with Crippen LogP contribution >= 0.6 is 0 Å². The molecule has 2 rings (SSSR count). The summed E-state index contributed by atoms with van der Waals surface area (Å²) >= 11 is 0. The van der Waals surface area contributed by atoms with Crippen molar-refractivity contribution in [2.24, 2.45) is 5.92 Å². The maximum absolute atomic E-state index is 12.0. The third-order valence-electron chi connectivity index (χ3n) is 4.17. The van der Waals surface area contributed by atoms with Crippen molar-refractivity contribution >= 4 is 5.91 Å². The number of amides is 1. The van der Waals surface area contributed by atoms with Crippen LogP contribution in [0.3, 0.4) is 0 Å². The van der Waals surface area contributed by atoms with Gasteiger partial charge in [0.15, 0.2) is 0 Å². The van der Waals surface area contributed by atoms with Crippen LogP contribution in [0.15, 0.2) is 12.7 Å². The number of hydrogen-bond acceptors (Lipinski definition) is 2. The maximum atomic E-state index is 12.0. The summed E-state index contributed by atoms with van der Waals surface area (Å²) in [6, 6.07) is 2.99. The molecule has 2 fully saturated rings. The van der Waals surface area contributed by atoms with Crippen LogP contribution in [0.5, 0.6) is 0 Å². The molecule has 0 spiro atoms. The van der Waals surface area contributed by atoms with E-state index in [2.05, 4.69) is 17.5 Å². The molecule has 0 aromatic rings. The van der Waals surface area contributed by atoms with E-state index in [4.69, 9.17) is 5.26 Å². The second kappa shape index (κ2) is 5.35. The molecule has 0 saturated carbocycles. The first kappa shape index (κ1) is 12.2. The summed E-state index contributed by atoms with van der Waals surface area (Å²) in [5.41, 5.74) is 0. The minimum atomic E-state index is 0.313. The smallest absolute Gasteiger partial charge is 0.223 e. The van der Waals surface area contributed by atoms with Gasteiger partial charge in [-0.25, -0.2) is 0 Å². The topological polar surface area (TPSA) is 44.1 Å². The van der Waals surface area contributed by atoms with Crippen LogP contribution < -0.4 is 0 Å². The van der Waals surface area contributed by atoms with Gasteiger partial charge in [-0.1, -0.05) is 6.08 Å². The molecule has 92 valence electrons. The van der Waals surface area contributed by atoms with Crippen molar-refractivity contribution in [3.05, 3.63) is 12.7 Å². The van der Waals surface area contributed by atoms with Crippen molar-refractivity contribution in [2.75, 3.05) is 0 Å². The molecule has 3 nitrogen and oxygen atoms in total. The Kier molecular flexibility index (Phi) is 3.83. The molecule has 0 N–H and O–H groups in total. The predicted molar refractivity (Wildman–Crippen MR) is 66.0 cm³/mol. The zero-order valence-electron chi connectivity index (χ0n) is 10.3. The van der Waals surface area contributed by atoms with Gasteiger partial charge in [-0.2, -0.15) is 5.26 Å². The molecule has 2 aliphatic heterocycles. The Labute approximate surface area is 103 Å². The second-order valence-corrected chi connectivity index (χ2v) is 5.12. The predicted octanol–water partition coefficient (Wildman–Crippen LogP) is 2.64. The molecule has 0 bridgehead atoms. The fraction of sp³-hybridized carbons (Fsp3) is 0.714. The number of nitrogens with zero attached hydrogens (tertiary/aromatic N) is 2. The first-order valence-corrected chi connectivity index (χ1v) is 6.57. The lowest BCUT2D eigenvalue weighted by molar-refractivity contribution is -0.139. The van der Waals surface area contributed by atoms with Gasteiger partial charge in [-0.05, 0) is 38.0 Å². The van der Waals surface area contributed by atoms with E-state index in [-0.39, 0.29) is 0 Å². The standard InChI is InChI=1S/C14H20N2O/c1-2-4-12-7-8-13-11(5-3-10-15)6-9-14(17)16(12)13/h2,11-13H,1,3-9H2/t11-,12-,13+/m1/s1. The molecule has 0 aromatic carbocycles. The lowest BCUT2D eigenvalue weighted by Crippen LogP contribution is -2.48. The van der Waals surface area contributed by atoms with Gasteiger partial charge in [-0.15, -0.1) is 6.58 Å². The highest BCUT2D eigenvalue weighted by Gasteiger charge is 2.42. The summed E-state index contributed by atoms with van der Waals surface area (Å²) in [5.74, 6) is 0.856. The molecule has 0 radical (unpaired) electrons. The van der Waals surface area contributed by atoms with Crippen molar-refractivity contribution in [3.8, 4) is 6.07 Å². The van der Waals surface area contributed by atoms with Gasteiger partial charge < -0.3 is 4.90 Å². The van der Waals surface area contributed by atoms with Crippen molar-refractivity contribution in [3.63, 3.8) is 0 Å². The van der Waals surface area contributed by atoms with Crippen molar-refractivity contribution in [1.82, 2.24) is 4.90 Å². The Morgan fingerprint density at radius 2 is 2.29 bits per heavy atom. The van der Waals surface area contributed by atoms with Crippen LogP contribution in [-0.4, -0.2) is 22.9 Å². The normalized spacial score (nSPS) is 32.1. The van der Waals surface area contributed by atoms with E-state index >= 15 is 0 Å². The van der Waals surface area contributed by atoms with Crippen LogP contribution in [0.4, 0.5) is 0 Å².